The summed E-state index contributed by atoms with van der Waals surface area (Å²) < 4.78 is 0. The Labute approximate surface area is 162 Å². The topological polar surface area (TPSA) is 52.6 Å². The highest BCUT2D eigenvalue weighted by molar-refractivity contribution is 6.15. The fourth-order valence-electron chi connectivity index (χ4n) is 3.81. The molecule has 5 rings (SSSR count). The third-order valence-corrected chi connectivity index (χ3v) is 5.16. The van der Waals surface area contributed by atoms with Gasteiger partial charge in [0.15, 0.2) is 0 Å². The summed E-state index contributed by atoms with van der Waals surface area (Å²) in [4.78, 5) is 15.4. The molecule has 28 heavy (non-hydrogen) atoms. The van der Waals surface area contributed by atoms with Crippen LogP contribution in [-0.4, -0.2) is 11.0 Å². The minimum absolute atomic E-state index is 0.0521. The molecule has 4 heteroatoms. The maximum absolute atomic E-state index is 13.5. The monoisotopic (exact) mass is 366 g/mol. The van der Waals surface area contributed by atoms with Gasteiger partial charge in [0.1, 0.15) is 11.9 Å². The fourth-order valence-corrected chi connectivity index (χ4v) is 3.81. The lowest BCUT2D eigenvalue weighted by Gasteiger charge is -2.38. The summed E-state index contributed by atoms with van der Waals surface area (Å²) >= 11 is 0. The molecule has 0 bridgehead atoms. The number of phenols is 1. The largest absolute Gasteiger partial charge is 0.508 e. The van der Waals surface area contributed by atoms with E-state index in [2.05, 4.69) is 5.32 Å². The summed E-state index contributed by atoms with van der Waals surface area (Å²) in [5.41, 5.74) is 3.20. The predicted molar refractivity (Wildman–Crippen MR) is 112 cm³/mol. The summed E-state index contributed by atoms with van der Waals surface area (Å²) in [6.45, 7) is 0. The van der Waals surface area contributed by atoms with E-state index in [1.165, 1.54) is 0 Å². The molecule has 4 nitrogen and oxygen atoms in total. The van der Waals surface area contributed by atoms with Gasteiger partial charge >= 0.3 is 0 Å². The molecule has 1 heterocycles. The molecule has 1 amide bonds. The number of hydrogen-bond acceptors (Lipinski definition) is 3. The first kappa shape index (κ1) is 16.4. The summed E-state index contributed by atoms with van der Waals surface area (Å²) in [5.74, 6) is 0.145. The molecule has 4 aromatic rings. The second-order valence-electron chi connectivity index (χ2n) is 6.86. The van der Waals surface area contributed by atoms with Crippen LogP contribution in [0.15, 0.2) is 91.0 Å². The van der Waals surface area contributed by atoms with Gasteiger partial charge in [-0.25, -0.2) is 0 Å². The van der Waals surface area contributed by atoms with Gasteiger partial charge in [-0.1, -0.05) is 60.7 Å². The average molecular weight is 366 g/mol. The number of anilines is 2. The van der Waals surface area contributed by atoms with Crippen LogP contribution in [0.25, 0.3) is 10.8 Å². The molecular weight excluding hydrogens is 348 g/mol. The van der Waals surface area contributed by atoms with Gasteiger partial charge in [0.25, 0.3) is 5.91 Å². The van der Waals surface area contributed by atoms with E-state index in [9.17, 15) is 9.90 Å². The Bertz CT molecular complexity index is 1180. The Balaban J connectivity index is 1.74. The number of carbonyl (C=O) groups is 1. The second kappa shape index (κ2) is 6.43. The number of phenolic OH excluding ortho intramolecular Hbond substituents is 1. The maximum Gasteiger partial charge on any atom is 0.262 e. The molecule has 0 aliphatic carbocycles. The normalized spacial score (nSPS) is 15.9. The quantitative estimate of drug-likeness (QED) is 0.505. The van der Waals surface area contributed by atoms with Crippen molar-refractivity contribution in [1.29, 1.82) is 0 Å². The molecule has 1 atom stereocenters. The van der Waals surface area contributed by atoms with Crippen molar-refractivity contribution in [1.82, 2.24) is 0 Å². The number of hydrogen-bond donors (Lipinski definition) is 2. The van der Waals surface area contributed by atoms with Crippen molar-refractivity contribution in [2.45, 2.75) is 6.17 Å². The van der Waals surface area contributed by atoms with E-state index < -0.39 is 0 Å². The molecule has 1 aliphatic rings. The van der Waals surface area contributed by atoms with Crippen LogP contribution in [0.4, 0.5) is 11.4 Å². The fraction of sp³-hybridized carbons (Fsp3) is 0.0417. The van der Waals surface area contributed by atoms with Gasteiger partial charge in [-0.15, -0.1) is 0 Å². The molecule has 4 aromatic carbocycles. The van der Waals surface area contributed by atoms with Gasteiger partial charge in [-0.3, -0.25) is 9.69 Å². The van der Waals surface area contributed by atoms with Gasteiger partial charge in [0, 0.05) is 11.1 Å². The van der Waals surface area contributed by atoms with Crippen LogP contribution in [0.3, 0.4) is 0 Å². The maximum atomic E-state index is 13.5. The molecule has 0 saturated carbocycles. The first-order chi connectivity index (χ1) is 13.7. The lowest BCUT2D eigenvalue weighted by atomic mass is 10.0. The Kier molecular flexibility index (Phi) is 3.76. The van der Waals surface area contributed by atoms with Crippen molar-refractivity contribution in [2.75, 3.05) is 10.2 Å². The van der Waals surface area contributed by atoms with E-state index in [4.69, 9.17) is 0 Å². The van der Waals surface area contributed by atoms with E-state index in [0.717, 1.165) is 27.7 Å². The van der Waals surface area contributed by atoms with Crippen molar-refractivity contribution in [3.8, 4) is 5.75 Å². The molecule has 0 unspecified atom stereocenters. The Hall–Kier alpha value is -3.79. The standard InChI is InChI=1S/C24H18N2O2/c27-18-14-12-17(13-15-18)23-25-21-10-4-3-9-20(21)24(28)26(23)22-11-5-7-16-6-1-2-8-19(16)22/h1-15,23,25,27H/t23-/m1/s1. The van der Waals surface area contributed by atoms with E-state index in [1.54, 1.807) is 17.0 Å². The highest BCUT2D eigenvalue weighted by atomic mass is 16.3. The van der Waals surface area contributed by atoms with Crippen molar-refractivity contribution in [3.05, 3.63) is 102 Å². The van der Waals surface area contributed by atoms with Crippen LogP contribution in [0.1, 0.15) is 22.1 Å². The van der Waals surface area contributed by atoms with Gasteiger partial charge < -0.3 is 10.4 Å². The van der Waals surface area contributed by atoms with Gasteiger partial charge in [-0.2, -0.15) is 0 Å². The first-order valence-corrected chi connectivity index (χ1v) is 9.18. The molecule has 0 saturated heterocycles. The third-order valence-electron chi connectivity index (χ3n) is 5.16. The molecule has 136 valence electrons. The van der Waals surface area contributed by atoms with E-state index in [1.807, 2.05) is 78.9 Å². The number of aromatic hydroxyl groups is 1. The number of rotatable bonds is 2. The van der Waals surface area contributed by atoms with Crippen LogP contribution in [0.5, 0.6) is 5.75 Å². The van der Waals surface area contributed by atoms with Crippen LogP contribution in [0, 0.1) is 0 Å². The highest BCUT2D eigenvalue weighted by Gasteiger charge is 2.34. The molecule has 0 fully saturated rings. The van der Waals surface area contributed by atoms with Crippen LogP contribution in [0.2, 0.25) is 0 Å². The lowest BCUT2D eigenvalue weighted by Crippen LogP contribution is -2.43. The Morgan fingerprint density at radius 2 is 1.50 bits per heavy atom. The molecule has 0 aromatic heterocycles. The van der Waals surface area contributed by atoms with Gasteiger partial charge in [0.05, 0.1) is 11.3 Å². The number of carbonyl (C=O) groups excluding carboxylic acids is 1. The summed E-state index contributed by atoms with van der Waals surface area (Å²) in [6, 6.07) is 28.6. The molecular formula is C24H18N2O2. The molecule has 1 aliphatic heterocycles. The van der Waals surface area contributed by atoms with Crippen LogP contribution >= 0.6 is 0 Å². The van der Waals surface area contributed by atoms with Crippen LogP contribution in [-0.2, 0) is 0 Å². The van der Waals surface area contributed by atoms with E-state index >= 15 is 0 Å². The number of nitrogens with one attached hydrogen (secondary N) is 1. The minimum atomic E-state index is -0.381. The third kappa shape index (κ3) is 2.58. The Morgan fingerprint density at radius 3 is 2.36 bits per heavy atom. The van der Waals surface area contributed by atoms with E-state index in [-0.39, 0.29) is 17.8 Å². The van der Waals surface area contributed by atoms with Crippen LogP contribution < -0.4 is 10.2 Å². The second-order valence-corrected chi connectivity index (χ2v) is 6.86. The molecule has 2 N–H and O–H groups in total. The molecule has 0 spiro atoms. The number of nitrogens with zero attached hydrogens (tertiary/aromatic N) is 1. The predicted octanol–water partition coefficient (Wildman–Crippen LogP) is 5.32. The van der Waals surface area contributed by atoms with E-state index in [0.29, 0.717) is 5.56 Å². The number of amides is 1. The summed E-state index contributed by atoms with van der Waals surface area (Å²) in [5, 5.41) is 15.3. The Morgan fingerprint density at radius 1 is 0.786 bits per heavy atom. The zero-order chi connectivity index (χ0) is 19.1. The van der Waals surface area contributed by atoms with Crippen molar-refractivity contribution in [2.24, 2.45) is 0 Å². The summed E-state index contributed by atoms with van der Waals surface area (Å²) in [6.07, 6.45) is -0.381. The smallest absolute Gasteiger partial charge is 0.262 e. The number of fused-ring (bicyclic) bond motifs is 2. The van der Waals surface area contributed by atoms with Crippen molar-refractivity contribution < 1.29 is 9.90 Å². The first-order valence-electron chi connectivity index (χ1n) is 9.18. The average Bonchev–Trinajstić information content (AvgIpc) is 2.74. The van der Waals surface area contributed by atoms with Crippen molar-refractivity contribution in [3.63, 3.8) is 0 Å². The van der Waals surface area contributed by atoms with Crippen molar-refractivity contribution >= 4 is 28.1 Å². The number of benzene rings is 4. The van der Waals surface area contributed by atoms with Gasteiger partial charge in [0.2, 0.25) is 0 Å². The minimum Gasteiger partial charge on any atom is -0.508 e. The zero-order valence-electron chi connectivity index (χ0n) is 15.0. The number of para-hydroxylation sites is 1. The SMILES string of the molecule is O=C1c2ccccc2N[C@@H](c2ccc(O)cc2)N1c1cccc2ccccc12. The highest BCUT2D eigenvalue weighted by Crippen LogP contribution is 2.39. The summed E-state index contributed by atoms with van der Waals surface area (Å²) in [7, 11) is 0. The van der Waals surface area contributed by atoms with Gasteiger partial charge in [-0.05, 0) is 41.3 Å². The zero-order valence-corrected chi connectivity index (χ0v) is 15.0. The lowest BCUT2D eigenvalue weighted by molar-refractivity contribution is 0.0975. The molecule has 0 radical (unpaired) electrons.